The van der Waals surface area contributed by atoms with Crippen LogP contribution in [0.5, 0.6) is 0 Å². The molecule has 7 nitrogen and oxygen atoms in total. The van der Waals surface area contributed by atoms with Crippen molar-refractivity contribution in [2.75, 3.05) is 26.2 Å². The molecule has 0 atom stereocenters. The molecule has 0 saturated carbocycles. The molecule has 9 heteroatoms. The van der Waals surface area contributed by atoms with E-state index in [-0.39, 0.29) is 0 Å². The molecule has 3 heterocycles. The van der Waals surface area contributed by atoms with Gasteiger partial charge in [-0.1, -0.05) is 28.2 Å². The van der Waals surface area contributed by atoms with Crippen LogP contribution >= 0.6 is 23.1 Å². The number of hydrogen-bond donors (Lipinski definition) is 0. The van der Waals surface area contributed by atoms with Gasteiger partial charge in [-0.2, -0.15) is 4.98 Å². The molecule has 0 aromatic carbocycles. The standard InChI is InChI=1S/C13H19ClN6OS/c1-2-12-15-11(17-21-12)9-20-5-3-4-19(6-7-20)8-10-13(14)22-18-16-10/h2-9H2,1H3. The highest BCUT2D eigenvalue weighted by Gasteiger charge is 2.18. The highest BCUT2D eigenvalue weighted by molar-refractivity contribution is 7.10. The summed E-state index contributed by atoms with van der Waals surface area (Å²) in [6.07, 6.45) is 1.89. The lowest BCUT2D eigenvalue weighted by atomic mass is 10.3. The van der Waals surface area contributed by atoms with Crippen molar-refractivity contribution in [2.45, 2.75) is 32.9 Å². The van der Waals surface area contributed by atoms with Gasteiger partial charge in [-0.25, -0.2) is 0 Å². The highest BCUT2D eigenvalue weighted by Crippen LogP contribution is 2.19. The summed E-state index contributed by atoms with van der Waals surface area (Å²) in [5.74, 6) is 1.48. The first-order valence-electron chi connectivity index (χ1n) is 7.47. The number of halogens is 1. The first-order valence-corrected chi connectivity index (χ1v) is 8.62. The van der Waals surface area contributed by atoms with Gasteiger partial charge in [-0.3, -0.25) is 9.80 Å². The van der Waals surface area contributed by atoms with Gasteiger partial charge in [0.25, 0.3) is 0 Å². The number of nitrogens with zero attached hydrogens (tertiary/aromatic N) is 6. The summed E-state index contributed by atoms with van der Waals surface area (Å²) in [6, 6.07) is 0. The third-order valence-corrected chi connectivity index (χ3v) is 4.73. The topological polar surface area (TPSA) is 71.2 Å². The third kappa shape index (κ3) is 4.01. The van der Waals surface area contributed by atoms with E-state index < -0.39 is 0 Å². The van der Waals surface area contributed by atoms with Crippen molar-refractivity contribution in [3.63, 3.8) is 0 Å². The maximum atomic E-state index is 6.08. The van der Waals surface area contributed by atoms with Crippen molar-refractivity contribution < 1.29 is 4.52 Å². The summed E-state index contributed by atoms with van der Waals surface area (Å²) in [6.45, 7) is 7.56. The Labute approximate surface area is 138 Å². The molecule has 2 aromatic heterocycles. The Kier molecular flexibility index (Phi) is 5.35. The highest BCUT2D eigenvalue weighted by atomic mass is 35.5. The molecule has 0 radical (unpaired) electrons. The summed E-state index contributed by atoms with van der Waals surface area (Å²) in [5, 5.41) is 8.12. The van der Waals surface area contributed by atoms with Crippen LogP contribution in [0.25, 0.3) is 0 Å². The van der Waals surface area contributed by atoms with Gasteiger partial charge in [0, 0.05) is 37.6 Å². The van der Waals surface area contributed by atoms with E-state index in [9.17, 15) is 0 Å². The van der Waals surface area contributed by atoms with Gasteiger partial charge in [0.1, 0.15) is 10.0 Å². The molecule has 2 aromatic rings. The van der Waals surface area contributed by atoms with Gasteiger partial charge in [-0.05, 0) is 19.5 Å². The lowest BCUT2D eigenvalue weighted by Gasteiger charge is -2.20. The zero-order chi connectivity index (χ0) is 15.4. The average molecular weight is 343 g/mol. The zero-order valence-corrected chi connectivity index (χ0v) is 14.1. The van der Waals surface area contributed by atoms with E-state index in [1.54, 1.807) is 0 Å². The molecule has 3 rings (SSSR count). The molecular weight excluding hydrogens is 324 g/mol. The number of aromatic nitrogens is 4. The van der Waals surface area contributed by atoms with E-state index in [2.05, 4.69) is 29.5 Å². The van der Waals surface area contributed by atoms with E-state index in [1.165, 1.54) is 11.5 Å². The number of hydrogen-bond acceptors (Lipinski definition) is 8. The SMILES string of the molecule is CCc1nc(CN2CCCN(Cc3nnsc3Cl)CC2)no1. The maximum absolute atomic E-state index is 6.08. The van der Waals surface area contributed by atoms with Crippen molar-refractivity contribution in [1.82, 2.24) is 29.5 Å². The van der Waals surface area contributed by atoms with Crippen LogP contribution in [-0.4, -0.2) is 55.7 Å². The first-order chi connectivity index (χ1) is 10.7. The molecule has 0 spiro atoms. The molecular formula is C13H19ClN6OS. The Morgan fingerprint density at radius 2 is 1.95 bits per heavy atom. The fourth-order valence-corrected chi connectivity index (χ4v) is 3.15. The fourth-order valence-electron chi connectivity index (χ4n) is 2.54. The predicted molar refractivity (Wildman–Crippen MR) is 83.8 cm³/mol. The van der Waals surface area contributed by atoms with Crippen molar-refractivity contribution >= 4 is 23.1 Å². The lowest BCUT2D eigenvalue weighted by molar-refractivity contribution is 0.240. The molecule has 0 unspecified atom stereocenters. The van der Waals surface area contributed by atoms with Crippen LogP contribution in [0.2, 0.25) is 4.34 Å². The van der Waals surface area contributed by atoms with E-state index in [4.69, 9.17) is 16.1 Å². The smallest absolute Gasteiger partial charge is 0.226 e. The fraction of sp³-hybridized carbons (Fsp3) is 0.692. The Morgan fingerprint density at radius 3 is 2.59 bits per heavy atom. The van der Waals surface area contributed by atoms with Crippen LogP contribution in [-0.2, 0) is 19.5 Å². The second kappa shape index (κ2) is 7.45. The number of rotatable bonds is 5. The second-order valence-electron chi connectivity index (χ2n) is 5.36. The summed E-state index contributed by atoms with van der Waals surface area (Å²) in [5.41, 5.74) is 0.880. The van der Waals surface area contributed by atoms with Crippen LogP contribution in [0.15, 0.2) is 4.52 Å². The average Bonchev–Trinajstić information content (AvgIpc) is 3.06. The molecule has 1 aliphatic heterocycles. The van der Waals surface area contributed by atoms with Crippen molar-refractivity contribution in [1.29, 1.82) is 0 Å². The van der Waals surface area contributed by atoms with Crippen molar-refractivity contribution in [2.24, 2.45) is 0 Å². The van der Waals surface area contributed by atoms with Gasteiger partial charge in [0.15, 0.2) is 5.82 Å². The van der Waals surface area contributed by atoms with Gasteiger partial charge in [-0.15, -0.1) is 5.10 Å². The van der Waals surface area contributed by atoms with E-state index in [0.717, 1.165) is 63.6 Å². The minimum absolute atomic E-state index is 0.694. The Bertz CT molecular complexity index is 603. The van der Waals surface area contributed by atoms with Gasteiger partial charge < -0.3 is 4.52 Å². The molecule has 120 valence electrons. The lowest BCUT2D eigenvalue weighted by Crippen LogP contribution is -2.30. The molecule has 1 saturated heterocycles. The minimum Gasteiger partial charge on any atom is -0.339 e. The third-order valence-electron chi connectivity index (χ3n) is 3.74. The van der Waals surface area contributed by atoms with Gasteiger partial charge in [0.2, 0.25) is 5.89 Å². The quantitative estimate of drug-likeness (QED) is 0.821. The van der Waals surface area contributed by atoms with Gasteiger partial charge in [0.05, 0.1) is 6.54 Å². The molecule has 0 amide bonds. The van der Waals surface area contributed by atoms with Crippen LogP contribution in [0, 0.1) is 0 Å². The van der Waals surface area contributed by atoms with Crippen LogP contribution in [0.4, 0.5) is 0 Å². The zero-order valence-electron chi connectivity index (χ0n) is 12.5. The predicted octanol–water partition coefficient (Wildman–Crippen LogP) is 1.84. The summed E-state index contributed by atoms with van der Waals surface area (Å²) in [7, 11) is 0. The molecule has 1 fully saturated rings. The Balaban J connectivity index is 1.52. The van der Waals surface area contributed by atoms with Crippen LogP contribution in [0.3, 0.4) is 0 Å². The van der Waals surface area contributed by atoms with Crippen LogP contribution < -0.4 is 0 Å². The first kappa shape index (κ1) is 15.8. The van der Waals surface area contributed by atoms with Gasteiger partial charge >= 0.3 is 0 Å². The molecule has 0 bridgehead atoms. The number of aryl methyl sites for hydroxylation is 1. The van der Waals surface area contributed by atoms with Crippen molar-refractivity contribution in [3.8, 4) is 0 Å². The van der Waals surface area contributed by atoms with E-state index >= 15 is 0 Å². The van der Waals surface area contributed by atoms with Crippen molar-refractivity contribution in [3.05, 3.63) is 21.7 Å². The largest absolute Gasteiger partial charge is 0.339 e. The second-order valence-corrected chi connectivity index (χ2v) is 6.71. The molecule has 1 aliphatic rings. The summed E-state index contributed by atoms with van der Waals surface area (Å²) in [4.78, 5) is 9.12. The Hall–Kier alpha value is -1.09. The summed E-state index contributed by atoms with van der Waals surface area (Å²) >= 11 is 7.33. The van der Waals surface area contributed by atoms with E-state index in [1.807, 2.05) is 6.92 Å². The molecule has 22 heavy (non-hydrogen) atoms. The summed E-state index contributed by atoms with van der Waals surface area (Å²) < 4.78 is 9.75. The maximum Gasteiger partial charge on any atom is 0.226 e. The minimum atomic E-state index is 0.694. The van der Waals surface area contributed by atoms with Crippen LogP contribution in [0.1, 0.15) is 30.8 Å². The Morgan fingerprint density at radius 1 is 1.18 bits per heavy atom. The molecule has 0 N–H and O–H groups in total. The normalized spacial score (nSPS) is 17.7. The monoisotopic (exact) mass is 342 g/mol. The van der Waals surface area contributed by atoms with E-state index in [0.29, 0.717) is 10.2 Å². The molecule has 0 aliphatic carbocycles.